The van der Waals surface area contributed by atoms with Crippen LogP contribution in [0.5, 0.6) is 11.5 Å². The van der Waals surface area contributed by atoms with E-state index in [-0.39, 0.29) is 5.91 Å². The lowest BCUT2D eigenvalue weighted by atomic mass is 10.1. The zero-order chi connectivity index (χ0) is 13.8. The van der Waals surface area contributed by atoms with E-state index in [1.807, 2.05) is 0 Å². The van der Waals surface area contributed by atoms with Gasteiger partial charge in [0.05, 0.1) is 33.1 Å². The fourth-order valence-electron chi connectivity index (χ4n) is 2.07. The normalized spacial score (nSPS) is 15.2. The number of nitrogen functional groups attached to an aromatic ring is 1. The largest absolute Gasteiger partial charge is 0.493 e. The molecule has 1 aromatic rings. The first kappa shape index (κ1) is 13.5. The Balaban J connectivity index is 2.29. The van der Waals surface area contributed by atoms with E-state index >= 15 is 0 Å². The van der Waals surface area contributed by atoms with Crippen molar-refractivity contribution in [1.82, 2.24) is 4.90 Å². The maximum absolute atomic E-state index is 12.3. The first-order chi connectivity index (χ1) is 9.17. The van der Waals surface area contributed by atoms with E-state index in [0.29, 0.717) is 49.1 Å². The minimum atomic E-state index is -0.0732. The summed E-state index contributed by atoms with van der Waals surface area (Å²) in [6, 6.07) is 3.26. The van der Waals surface area contributed by atoms with E-state index in [4.69, 9.17) is 19.9 Å². The summed E-state index contributed by atoms with van der Waals surface area (Å²) < 4.78 is 15.6. The Morgan fingerprint density at radius 3 is 2.53 bits per heavy atom. The van der Waals surface area contributed by atoms with Crippen LogP contribution in [0.2, 0.25) is 0 Å². The van der Waals surface area contributed by atoms with Crippen molar-refractivity contribution in [3.63, 3.8) is 0 Å². The maximum Gasteiger partial charge on any atom is 0.254 e. The Labute approximate surface area is 112 Å². The molecule has 0 aliphatic carbocycles. The Bertz CT molecular complexity index is 470. The monoisotopic (exact) mass is 266 g/mol. The third-order valence-electron chi connectivity index (χ3n) is 3.05. The number of carbonyl (C=O) groups excluding carboxylic acids is 1. The molecule has 1 fully saturated rings. The molecule has 1 aromatic carbocycles. The van der Waals surface area contributed by atoms with Crippen LogP contribution in [-0.4, -0.2) is 51.3 Å². The molecule has 1 aliphatic rings. The summed E-state index contributed by atoms with van der Waals surface area (Å²) in [5.41, 5.74) is 6.76. The molecular formula is C13H18N2O4. The van der Waals surface area contributed by atoms with Gasteiger partial charge in [0.1, 0.15) is 0 Å². The van der Waals surface area contributed by atoms with E-state index in [1.165, 1.54) is 14.2 Å². The molecule has 2 rings (SSSR count). The van der Waals surface area contributed by atoms with Crippen LogP contribution < -0.4 is 15.2 Å². The highest BCUT2D eigenvalue weighted by Gasteiger charge is 2.21. The summed E-state index contributed by atoms with van der Waals surface area (Å²) >= 11 is 0. The van der Waals surface area contributed by atoms with Crippen LogP contribution in [0.1, 0.15) is 10.4 Å². The Kier molecular flexibility index (Phi) is 4.11. The number of ether oxygens (including phenoxy) is 3. The lowest BCUT2D eigenvalue weighted by Crippen LogP contribution is -2.40. The minimum Gasteiger partial charge on any atom is -0.493 e. The van der Waals surface area contributed by atoms with E-state index < -0.39 is 0 Å². The first-order valence-electron chi connectivity index (χ1n) is 6.06. The van der Waals surface area contributed by atoms with Crippen molar-refractivity contribution in [2.24, 2.45) is 0 Å². The van der Waals surface area contributed by atoms with Gasteiger partial charge < -0.3 is 24.8 Å². The highest BCUT2D eigenvalue weighted by Crippen LogP contribution is 2.34. The second-order valence-corrected chi connectivity index (χ2v) is 4.21. The van der Waals surface area contributed by atoms with Crippen LogP contribution in [0.3, 0.4) is 0 Å². The quantitative estimate of drug-likeness (QED) is 0.817. The molecule has 6 heteroatoms. The number of methoxy groups -OCH3 is 2. The molecule has 1 aliphatic heterocycles. The number of anilines is 1. The number of nitrogens with zero attached hydrogens (tertiary/aromatic N) is 1. The zero-order valence-electron chi connectivity index (χ0n) is 11.1. The van der Waals surface area contributed by atoms with Crippen LogP contribution in [-0.2, 0) is 4.74 Å². The van der Waals surface area contributed by atoms with Crippen molar-refractivity contribution < 1.29 is 19.0 Å². The van der Waals surface area contributed by atoms with Gasteiger partial charge in [0.25, 0.3) is 5.91 Å². The molecule has 0 saturated carbocycles. The average molecular weight is 266 g/mol. The lowest BCUT2D eigenvalue weighted by Gasteiger charge is -2.27. The smallest absolute Gasteiger partial charge is 0.254 e. The van der Waals surface area contributed by atoms with E-state index in [2.05, 4.69) is 0 Å². The van der Waals surface area contributed by atoms with Gasteiger partial charge in [-0.15, -0.1) is 0 Å². The van der Waals surface area contributed by atoms with Gasteiger partial charge in [0.2, 0.25) is 0 Å². The third-order valence-corrected chi connectivity index (χ3v) is 3.05. The minimum absolute atomic E-state index is 0.0732. The lowest BCUT2D eigenvalue weighted by molar-refractivity contribution is 0.0302. The summed E-state index contributed by atoms with van der Waals surface area (Å²) in [6.07, 6.45) is 0. The average Bonchev–Trinajstić information content (AvgIpc) is 2.46. The van der Waals surface area contributed by atoms with E-state index in [1.54, 1.807) is 17.0 Å². The Hall–Kier alpha value is -1.95. The first-order valence-corrected chi connectivity index (χ1v) is 6.06. The molecule has 1 heterocycles. The summed E-state index contributed by atoms with van der Waals surface area (Å²) in [7, 11) is 3.03. The molecule has 0 bridgehead atoms. The van der Waals surface area contributed by atoms with Crippen molar-refractivity contribution in [2.45, 2.75) is 0 Å². The fourth-order valence-corrected chi connectivity index (χ4v) is 2.07. The molecule has 6 nitrogen and oxygen atoms in total. The van der Waals surface area contributed by atoms with Gasteiger partial charge >= 0.3 is 0 Å². The highest BCUT2D eigenvalue weighted by atomic mass is 16.5. The maximum atomic E-state index is 12.3. The van der Waals surface area contributed by atoms with Gasteiger partial charge in [0, 0.05) is 18.7 Å². The van der Waals surface area contributed by atoms with Crippen molar-refractivity contribution in [2.75, 3.05) is 46.3 Å². The second kappa shape index (κ2) is 5.79. The van der Waals surface area contributed by atoms with Gasteiger partial charge in [-0.1, -0.05) is 0 Å². The molecule has 19 heavy (non-hydrogen) atoms. The molecule has 0 atom stereocenters. The van der Waals surface area contributed by atoms with Crippen LogP contribution in [0.4, 0.5) is 5.69 Å². The topological polar surface area (TPSA) is 74.0 Å². The van der Waals surface area contributed by atoms with Crippen LogP contribution in [0, 0.1) is 0 Å². The number of hydrogen-bond donors (Lipinski definition) is 1. The number of carbonyl (C=O) groups is 1. The number of hydrogen-bond acceptors (Lipinski definition) is 5. The SMILES string of the molecule is COc1cc(C(=O)N2CCOCC2)cc(N)c1OC. The number of amides is 1. The van der Waals surface area contributed by atoms with Gasteiger partial charge in [-0.05, 0) is 12.1 Å². The van der Waals surface area contributed by atoms with Crippen molar-refractivity contribution in [3.05, 3.63) is 17.7 Å². The van der Waals surface area contributed by atoms with Gasteiger partial charge in [-0.2, -0.15) is 0 Å². The summed E-state index contributed by atoms with van der Waals surface area (Å²) in [5, 5.41) is 0. The summed E-state index contributed by atoms with van der Waals surface area (Å²) in [5.74, 6) is 0.830. The molecule has 0 unspecified atom stereocenters. The number of benzene rings is 1. The molecule has 1 amide bonds. The van der Waals surface area contributed by atoms with Crippen LogP contribution in [0.15, 0.2) is 12.1 Å². The van der Waals surface area contributed by atoms with Crippen molar-refractivity contribution >= 4 is 11.6 Å². The summed E-state index contributed by atoms with van der Waals surface area (Å²) in [6.45, 7) is 2.31. The predicted molar refractivity (Wildman–Crippen MR) is 70.7 cm³/mol. The van der Waals surface area contributed by atoms with Gasteiger partial charge in [0.15, 0.2) is 11.5 Å². The Morgan fingerprint density at radius 1 is 1.26 bits per heavy atom. The van der Waals surface area contributed by atoms with Crippen LogP contribution >= 0.6 is 0 Å². The fraction of sp³-hybridized carbons (Fsp3) is 0.462. The van der Waals surface area contributed by atoms with Gasteiger partial charge in [-0.3, -0.25) is 4.79 Å². The second-order valence-electron chi connectivity index (χ2n) is 4.21. The molecule has 2 N–H and O–H groups in total. The zero-order valence-corrected chi connectivity index (χ0v) is 11.1. The van der Waals surface area contributed by atoms with Crippen molar-refractivity contribution in [3.8, 4) is 11.5 Å². The Morgan fingerprint density at radius 2 is 1.95 bits per heavy atom. The van der Waals surface area contributed by atoms with E-state index in [9.17, 15) is 4.79 Å². The van der Waals surface area contributed by atoms with Crippen LogP contribution in [0.25, 0.3) is 0 Å². The van der Waals surface area contributed by atoms with Crippen molar-refractivity contribution in [1.29, 1.82) is 0 Å². The number of nitrogens with two attached hydrogens (primary N) is 1. The standard InChI is InChI=1S/C13H18N2O4/c1-17-11-8-9(7-10(14)12(11)18-2)13(16)15-3-5-19-6-4-15/h7-8H,3-6,14H2,1-2H3. The van der Waals surface area contributed by atoms with Gasteiger partial charge in [-0.25, -0.2) is 0 Å². The molecule has 1 saturated heterocycles. The molecule has 104 valence electrons. The number of morpholine rings is 1. The predicted octanol–water partition coefficient (Wildman–Crippen LogP) is 0.758. The highest BCUT2D eigenvalue weighted by molar-refractivity contribution is 5.96. The summed E-state index contributed by atoms with van der Waals surface area (Å²) in [4.78, 5) is 14.1. The van der Waals surface area contributed by atoms with E-state index in [0.717, 1.165) is 0 Å². The molecule has 0 spiro atoms. The third kappa shape index (κ3) is 2.73. The molecule has 0 radical (unpaired) electrons. The number of rotatable bonds is 3. The molecular weight excluding hydrogens is 248 g/mol. The molecule has 0 aromatic heterocycles.